The number of hydrogen-bond donors (Lipinski definition) is 1. The van der Waals surface area contributed by atoms with Crippen molar-refractivity contribution >= 4 is 0 Å². The Bertz CT molecular complexity index is 231. The highest BCUT2D eigenvalue weighted by atomic mass is 19.4. The second-order valence-electron chi connectivity index (χ2n) is 2.25. The van der Waals surface area contributed by atoms with Crippen molar-refractivity contribution in [3.8, 4) is 0 Å². The second-order valence-corrected chi connectivity index (χ2v) is 2.25. The van der Waals surface area contributed by atoms with Crippen molar-refractivity contribution < 1.29 is 49.7 Å². The third kappa shape index (κ3) is 1.97. The fraction of sp³-hybridized carbons (Fsp3) is 1.00. The van der Waals surface area contributed by atoms with Crippen molar-refractivity contribution in [2.75, 3.05) is 0 Å². The number of alkyl halides is 9. The Balaban J connectivity index is 5.38. The second kappa shape index (κ2) is 3.40. The lowest BCUT2D eigenvalue weighted by Crippen LogP contribution is -2.61. The van der Waals surface area contributed by atoms with Crippen LogP contribution in [0.3, 0.4) is 0 Å². The summed E-state index contributed by atoms with van der Waals surface area (Å²) in [5, 5.41) is 7.13. The predicted octanol–water partition coefficient (Wildman–Crippen LogP) is 2.90. The van der Waals surface area contributed by atoms with Gasteiger partial charge >= 0.3 is 24.1 Å². The summed E-state index contributed by atoms with van der Waals surface area (Å²) < 4.78 is 105. The van der Waals surface area contributed by atoms with Gasteiger partial charge in [-0.15, -0.1) is 0 Å². The average molecular weight is 252 g/mol. The van der Waals surface area contributed by atoms with Crippen molar-refractivity contribution in [3.05, 3.63) is 0 Å². The maximum atomic E-state index is 12.0. The van der Waals surface area contributed by atoms with Gasteiger partial charge in [-0.1, -0.05) is 0 Å². The molecule has 0 bridgehead atoms. The van der Waals surface area contributed by atoms with E-state index in [4.69, 9.17) is 5.26 Å². The maximum absolute atomic E-state index is 12.0. The highest BCUT2D eigenvalue weighted by Gasteiger charge is 2.83. The van der Waals surface area contributed by atoms with E-state index in [9.17, 15) is 39.5 Å². The fourth-order valence-electron chi connectivity index (χ4n) is 0.418. The van der Waals surface area contributed by atoms with Crippen LogP contribution in [0.1, 0.15) is 0 Å². The predicted molar refractivity (Wildman–Crippen MR) is 24.6 cm³/mol. The molecule has 1 N–H and O–H groups in total. The van der Waals surface area contributed by atoms with Crippen LogP contribution in [0.25, 0.3) is 0 Å². The molecule has 2 nitrogen and oxygen atoms in total. The Morgan fingerprint density at radius 3 is 1.20 bits per heavy atom. The maximum Gasteiger partial charge on any atom is 0.460 e. The lowest BCUT2D eigenvalue weighted by Gasteiger charge is -2.31. The first-order valence-corrected chi connectivity index (χ1v) is 2.84. The molecule has 0 aromatic carbocycles. The Morgan fingerprint density at radius 1 is 0.667 bits per heavy atom. The van der Waals surface area contributed by atoms with Crippen molar-refractivity contribution in [1.29, 1.82) is 0 Å². The molecule has 0 saturated heterocycles. The standard InChI is InChI=1S/C4HF9O2/c5-1(6,3(9,10)11)2(7,8)4(12,13)15-14/h14H. The van der Waals surface area contributed by atoms with Crippen LogP contribution < -0.4 is 0 Å². The van der Waals surface area contributed by atoms with Crippen molar-refractivity contribution in [2.45, 2.75) is 24.1 Å². The van der Waals surface area contributed by atoms with Crippen LogP contribution in [-0.2, 0) is 4.89 Å². The molecule has 0 saturated carbocycles. The SMILES string of the molecule is OOC(F)(F)C(F)(F)C(F)(F)C(F)(F)F. The van der Waals surface area contributed by atoms with E-state index in [2.05, 4.69) is 0 Å². The molecule has 0 radical (unpaired) electrons. The summed E-state index contributed by atoms with van der Waals surface area (Å²) in [6.07, 6.45) is -13.3. The van der Waals surface area contributed by atoms with Gasteiger partial charge in [0.25, 0.3) is 0 Å². The molecule has 0 amide bonds. The Hall–Kier alpha value is -0.710. The largest absolute Gasteiger partial charge is 0.460 e. The molecule has 0 heterocycles. The van der Waals surface area contributed by atoms with Gasteiger partial charge in [-0.3, -0.25) is 0 Å². The molecule has 0 atom stereocenters. The van der Waals surface area contributed by atoms with E-state index in [-0.39, 0.29) is 0 Å². The highest BCUT2D eigenvalue weighted by Crippen LogP contribution is 2.52. The molecular weight excluding hydrogens is 251 g/mol. The summed E-state index contributed by atoms with van der Waals surface area (Å²) in [6.45, 7) is 0. The molecule has 0 aromatic rings. The van der Waals surface area contributed by atoms with Gasteiger partial charge in [0.15, 0.2) is 0 Å². The van der Waals surface area contributed by atoms with E-state index in [1.54, 1.807) is 4.89 Å². The zero-order chi connectivity index (χ0) is 12.7. The minimum atomic E-state index is -7.05. The van der Waals surface area contributed by atoms with Gasteiger partial charge in [-0.2, -0.15) is 44.4 Å². The Kier molecular flexibility index (Phi) is 3.24. The van der Waals surface area contributed by atoms with E-state index < -0.39 is 24.1 Å². The van der Waals surface area contributed by atoms with Gasteiger partial charge in [0.05, 0.1) is 0 Å². The van der Waals surface area contributed by atoms with E-state index in [1.165, 1.54) is 0 Å². The van der Waals surface area contributed by atoms with Gasteiger partial charge < -0.3 is 0 Å². The van der Waals surface area contributed by atoms with Crippen LogP contribution in [0.2, 0.25) is 0 Å². The average Bonchev–Trinajstić information content (AvgIpc) is 2.01. The van der Waals surface area contributed by atoms with Crippen molar-refractivity contribution in [3.63, 3.8) is 0 Å². The summed E-state index contributed by atoms with van der Waals surface area (Å²) in [5.74, 6) is -14.0. The smallest absolute Gasteiger partial charge is 0.246 e. The van der Waals surface area contributed by atoms with E-state index in [0.29, 0.717) is 0 Å². The number of rotatable bonds is 3. The van der Waals surface area contributed by atoms with E-state index in [0.717, 1.165) is 0 Å². The lowest BCUT2D eigenvalue weighted by atomic mass is 10.1. The molecule has 92 valence electrons. The van der Waals surface area contributed by atoms with Crippen LogP contribution in [0.5, 0.6) is 0 Å². The number of halogens is 9. The molecule has 0 unspecified atom stereocenters. The van der Waals surface area contributed by atoms with Crippen LogP contribution in [0, 0.1) is 0 Å². The van der Waals surface area contributed by atoms with Gasteiger partial charge in [0, 0.05) is 0 Å². The van der Waals surface area contributed by atoms with E-state index >= 15 is 0 Å². The minimum absolute atomic E-state index is 1.62. The molecule has 0 aliphatic rings. The summed E-state index contributed by atoms with van der Waals surface area (Å²) in [5.41, 5.74) is 0. The summed E-state index contributed by atoms with van der Waals surface area (Å²) in [6, 6.07) is 0. The molecule has 11 heteroatoms. The molecule has 15 heavy (non-hydrogen) atoms. The summed E-state index contributed by atoms with van der Waals surface area (Å²) in [4.78, 5) is 1.62. The topological polar surface area (TPSA) is 29.5 Å². The quantitative estimate of drug-likeness (QED) is 0.475. The molecule has 0 aliphatic carbocycles. The summed E-state index contributed by atoms with van der Waals surface area (Å²) >= 11 is 0. The molecule has 0 spiro atoms. The molecule has 0 aliphatic heterocycles. The van der Waals surface area contributed by atoms with Crippen LogP contribution in [0.4, 0.5) is 39.5 Å². The zero-order valence-corrected chi connectivity index (χ0v) is 6.26. The molecular formula is C4HF9O2. The van der Waals surface area contributed by atoms with E-state index in [1.807, 2.05) is 0 Å². The first-order chi connectivity index (χ1) is 6.31. The van der Waals surface area contributed by atoms with Crippen LogP contribution in [-0.4, -0.2) is 29.4 Å². The first-order valence-electron chi connectivity index (χ1n) is 2.84. The van der Waals surface area contributed by atoms with Crippen LogP contribution >= 0.6 is 0 Å². The van der Waals surface area contributed by atoms with Gasteiger partial charge in [0.2, 0.25) is 0 Å². The fourth-order valence-corrected chi connectivity index (χ4v) is 0.418. The van der Waals surface area contributed by atoms with Gasteiger partial charge in [-0.05, 0) is 0 Å². The highest BCUT2D eigenvalue weighted by molar-refractivity contribution is 4.96. The normalized spacial score (nSPS) is 15.6. The van der Waals surface area contributed by atoms with Gasteiger partial charge in [0.1, 0.15) is 0 Å². The van der Waals surface area contributed by atoms with Gasteiger partial charge in [-0.25, -0.2) is 5.26 Å². The molecule has 0 aromatic heterocycles. The monoisotopic (exact) mass is 252 g/mol. The van der Waals surface area contributed by atoms with Crippen LogP contribution in [0.15, 0.2) is 0 Å². The van der Waals surface area contributed by atoms with Crippen molar-refractivity contribution in [2.24, 2.45) is 0 Å². The minimum Gasteiger partial charge on any atom is -0.246 e. The first kappa shape index (κ1) is 14.3. The third-order valence-corrected chi connectivity index (χ3v) is 1.23. The lowest BCUT2D eigenvalue weighted by molar-refractivity contribution is -0.508. The molecule has 0 fully saturated rings. The molecule has 0 rings (SSSR count). The van der Waals surface area contributed by atoms with Crippen molar-refractivity contribution in [1.82, 2.24) is 0 Å². The third-order valence-electron chi connectivity index (χ3n) is 1.23. The number of hydrogen-bond acceptors (Lipinski definition) is 2. The zero-order valence-electron chi connectivity index (χ0n) is 6.26. The Labute approximate surface area is 75.2 Å². The Morgan fingerprint density at radius 2 is 1.00 bits per heavy atom. The summed E-state index contributed by atoms with van der Waals surface area (Å²) in [7, 11) is 0.